The average molecular weight is 563 g/mol. The third kappa shape index (κ3) is 5.18. The molecule has 2 aromatic carbocycles. The smallest absolute Gasteiger partial charge is 0.254 e. The van der Waals surface area contributed by atoms with E-state index in [0.29, 0.717) is 45.4 Å². The van der Waals surface area contributed by atoms with Crippen LogP contribution in [0.15, 0.2) is 47.5 Å². The van der Waals surface area contributed by atoms with E-state index in [1.54, 1.807) is 48.4 Å². The molecule has 1 amide bonds. The van der Waals surface area contributed by atoms with Gasteiger partial charge in [0.15, 0.2) is 0 Å². The minimum Gasteiger partial charge on any atom is -0.394 e. The van der Waals surface area contributed by atoms with Crippen LogP contribution in [0.1, 0.15) is 28.4 Å². The number of halogens is 2. The van der Waals surface area contributed by atoms with Crippen molar-refractivity contribution in [3.63, 3.8) is 0 Å². The minimum atomic E-state index is -1.19. The highest BCUT2D eigenvalue weighted by Gasteiger charge is 2.48. The quantitative estimate of drug-likeness (QED) is 0.451. The van der Waals surface area contributed by atoms with Gasteiger partial charge >= 0.3 is 0 Å². The van der Waals surface area contributed by atoms with E-state index in [9.17, 15) is 19.4 Å². The van der Waals surface area contributed by atoms with Crippen LogP contribution < -0.4 is 0 Å². The maximum Gasteiger partial charge on any atom is 0.254 e. The summed E-state index contributed by atoms with van der Waals surface area (Å²) >= 11 is 7.52. The van der Waals surface area contributed by atoms with Gasteiger partial charge in [0.25, 0.3) is 5.91 Å². The normalized spacial score (nSPS) is 25.3. The maximum atomic E-state index is 14.2. The second-order valence-electron chi connectivity index (χ2n) is 9.36. The number of carbonyl (C=O) groups excluding carboxylic acids is 1. The minimum absolute atomic E-state index is 0.0956. The van der Waals surface area contributed by atoms with Gasteiger partial charge in [0.2, 0.25) is 0 Å². The number of aromatic nitrogens is 3. The first-order chi connectivity index (χ1) is 18.3. The topological polar surface area (TPSA) is 110 Å². The molecule has 5 rings (SSSR count). The van der Waals surface area contributed by atoms with Crippen molar-refractivity contribution in [1.82, 2.24) is 19.9 Å². The SMILES string of the molecule is CO[C@@H]1[C@@H](n2cc(-c3ccc(C)c(F)c3)nn2)[C@@H](O)[C@@H](CO)O[C@@H]1Sc1cc(Cl)ccc1C(=O)N1CCC1. The van der Waals surface area contributed by atoms with Crippen LogP contribution in [0.4, 0.5) is 4.39 Å². The monoisotopic (exact) mass is 562 g/mol. The Hall–Kier alpha value is -2.54. The molecule has 0 aliphatic carbocycles. The lowest BCUT2D eigenvalue weighted by Gasteiger charge is -2.43. The lowest BCUT2D eigenvalue weighted by Crippen LogP contribution is -2.55. The summed E-state index contributed by atoms with van der Waals surface area (Å²) in [6.07, 6.45) is -0.335. The summed E-state index contributed by atoms with van der Waals surface area (Å²) in [4.78, 5) is 15.4. The van der Waals surface area contributed by atoms with Crippen molar-refractivity contribution in [3.05, 3.63) is 64.6 Å². The van der Waals surface area contributed by atoms with E-state index >= 15 is 0 Å². The Balaban J connectivity index is 1.47. The average Bonchev–Trinajstić information content (AvgIpc) is 3.35. The number of ether oxygens (including phenoxy) is 2. The fourth-order valence-corrected chi connectivity index (χ4v) is 6.17. The third-order valence-corrected chi connectivity index (χ3v) is 8.38. The Morgan fingerprint density at radius 1 is 1.29 bits per heavy atom. The molecule has 202 valence electrons. The van der Waals surface area contributed by atoms with Gasteiger partial charge < -0.3 is 24.6 Å². The van der Waals surface area contributed by atoms with Crippen LogP contribution in [-0.4, -0.2) is 86.6 Å². The maximum absolute atomic E-state index is 14.2. The van der Waals surface area contributed by atoms with Crippen LogP contribution in [0.3, 0.4) is 0 Å². The largest absolute Gasteiger partial charge is 0.394 e. The van der Waals surface area contributed by atoms with E-state index in [-0.39, 0.29) is 11.7 Å². The Morgan fingerprint density at radius 2 is 2.08 bits per heavy atom. The molecule has 3 heterocycles. The molecule has 9 nitrogen and oxygen atoms in total. The van der Waals surface area contributed by atoms with Crippen LogP contribution in [-0.2, 0) is 9.47 Å². The molecule has 2 fully saturated rings. The van der Waals surface area contributed by atoms with Crippen molar-refractivity contribution in [1.29, 1.82) is 0 Å². The van der Waals surface area contributed by atoms with E-state index in [1.165, 1.54) is 29.6 Å². The first-order valence-corrected chi connectivity index (χ1v) is 13.5. The highest BCUT2D eigenvalue weighted by molar-refractivity contribution is 8.00. The molecule has 0 bridgehead atoms. The van der Waals surface area contributed by atoms with Crippen molar-refractivity contribution in [3.8, 4) is 11.3 Å². The number of aliphatic hydroxyl groups excluding tert-OH is 2. The summed E-state index contributed by atoms with van der Waals surface area (Å²) < 4.78 is 27.5. The van der Waals surface area contributed by atoms with Crippen LogP contribution >= 0.6 is 23.4 Å². The lowest BCUT2D eigenvalue weighted by molar-refractivity contribution is -0.186. The van der Waals surface area contributed by atoms with Crippen molar-refractivity contribution in [2.75, 3.05) is 26.8 Å². The van der Waals surface area contributed by atoms with Crippen molar-refractivity contribution in [2.45, 2.75) is 48.0 Å². The highest BCUT2D eigenvalue weighted by Crippen LogP contribution is 2.41. The predicted octanol–water partition coefficient (Wildman–Crippen LogP) is 3.32. The molecule has 5 atom stereocenters. The number of likely N-dealkylation sites (tertiary alicyclic amines) is 1. The van der Waals surface area contributed by atoms with Crippen molar-refractivity contribution >= 4 is 29.3 Å². The van der Waals surface area contributed by atoms with Gasteiger partial charge in [-0.05, 0) is 43.2 Å². The Kier molecular flexibility index (Phi) is 8.03. The number of benzene rings is 2. The van der Waals surface area contributed by atoms with Gasteiger partial charge in [0, 0.05) is 35.7 Å². The van der Waals surface area contributed by atoms with E-state index in [0.717, 1.165) is 6.42 Å². The number of methoxy groups -OCH3 is 1. The molecule has 1 aromatic heterocycles. The van der Waals surface area contributed by atoms with Gasteiger partial charge in [0.1, 0.15) is 41.3 Å². The zero-order valence-corrected chi connectivity index (χ0v) is 22.4. The molecule has 0 radical (unpaired) electrons. The van der Waals surface area contributed by atoms with E-state index in [1.807, 2.05) is 0 Å². The summed E-state index contributed by atoms with van der Waals surface area (Å²) in [5.41, 5.74) is 1.22. The Labute approximate surface area is 228 Å². The molecular weight excluding hydrogens is 535 g/mol. The Bertz CT molecular complexity index is 1320. The van der Waals surface area contributed by atoms with Crippen LogP contribution in [0.2, 0.25) is 5.02 Å². The zero-order valence-electron chi connectivity index (χ0n) is 20.8. The number of hydrogen-bond donors (Lipinski definition) is 2. The van der Waals surface area contributed by atoms with Gasteiger partial charge in [0.05, 0.1) is 18.4 Å². The molecule has 2 N–H and O–H groups in total. The zero-order chi connectivity index (χ0) is 27.0. The van der Waals surface area contributed by atoms with E-state index in [4.69, 9.17) is 21.1 Å². The number of carbonyl (C=O) groups is 1. The highest BCUT2D eigenvalue weighted by atomic mass is 35.5. The second-order valence-corrected chi connectivity index (χ2v) is 10.9. The Morgan fingerprint density at radius 3 is 2.74 bits per heavy atom. The molecule has 0 spiro atoms. The summed E-state index contributed by atoms with van der Waals surface area (Å²) in [7, 11) is 1.48. The van der Waals surface area contributed by atoms with Gasteiger partial charge in [-0.25, -0.2) is 9.07 Å². The standard InChI is InChI=1S/C26H28ClFN4O5S/c1-14-4-5-15(10-18(14)28)19-12-32(30-29-19)22-23(34)20(13-33)37-26(24(22)36-2)38-21-11-16(27)6-7-17(21)25(35)31-8-3-9-31/h4-7,10-12,20,22-24,26,33-34H,3,8-9,13H2,1-2H3/t20-,22+,23+,24-,26-/m1/s1. The van der Waals surface area contributed by atoms with E-state index < -0.39 is 36.4 Å². The number of nitrogens with zero attached hydrogens (tertiary/aromatic N) is 4. The number of aryl methyl sites for hydroxylation is 1. The fourth-order valence-electron chi connectivity index (χ4n) is 4.60. The van der Waals surface area contributed by atoms with Crippen molar-refractivity contribution < 1.29 is 28.9 Å². The molecule has 2 aliphatic rings. The molecule has 2 aliphatic heterocycles. The summed E-state index contributed by atoms with van der Waals surface area (Å²) in [5.74, 6) is -0.457. The van der Waals surface area contributed by atoms with Gasteiger partial charge in [-0.1, -0.05) is 40.7 Å². The summed E-state index contributed by atoms with van der Waals surface area (Å²) in [5, 5.41) is 30.0. The van der Waals surface area contributed by atoms with Gasteiger partial charge in [-0.15, -0.1) is 5.10 Å². The summed E-state index contributed by atoms with van der Waals surface area (Å²) in [6.45, 7) is 2.62. The predicted molar refractivity (Wildman–Crippen MR) is 140 cm³/mol. The number of rotatable bonds is 7. The lowest BCUT2D eigenvalue weighted by atomic mass is 9.97. The number of hydrogen-bond acceptors (Lipinski definition) is 8. The first-order valence-electron chi connectivity index (χ1n) is 12.2. The number of amides is 1. The molecular formula is C26H28ClFN4O5S. The molecule has 0 unspecified atom stereocenters. The van der Waals surface area contributed by atoms with E-state index in [2.05, 4.69) is 10.3 Å². The molecule has 12 heteroatoms. The van der Waals surface area contributed by atoms with Crippen LogP contribution in [0.25, 0.3) is 11.3 Å². The second kappa shape index (κ2) is 11.3. The molecule has 2 saturated heterocycles. The number of aliphatic hydroxyl groups is 2. The first kappa shape index (κ1) is 27.0. The molecule has 3 aromatic rings. The molecule has 38 heavy (non-hydrogen) atoms. The van der Waals surface area contributed by atoms with Gasteiger partial charge in [-0.2, -0.15) is 0 Å². The number of thioether (sulfide) groups is 1. The van der Waals surface area contributed by atoms with Crippen LogP contribution in [0.5, 0.6) is 0 Å². The third-order valence-electron chi connectivity index (χ3n) is 6.94. The fraction of sp³-hybridized carbons (Fsp3) is 0.423. The summed E-state index contributed by atoms with van der Waals surface area (Å²) in [6, 6.07) is 9.04. The molecule has 0 saturated carbocycles. The van der Waals surface area contributed by atoms with Crippen LogP contribution in [0, 0.1) is 12.7 Å². The van der Waals surface area contributed by atoms with Gasteiger partial charge in [-0.3, -0.25) is 4.79 Å². The van der Waals surface area contributed by atoms with Crippen molar-refractivity contribution in [2.24, 2.45) is 0 Å².